The number of aliphatic carboxylic acids is 1. The van der Waals surface area contributed by atoms with Gasteiger partial charge in [0.15, 0.2) is 6.10 Å². The number of alkyl carbamates (subject to hydrolysis) is 1. The number of carbonyl (C=O) groups excluding carboxylic acids is 2. The molecule has 5 rings (SSSR count). The summed E-state index contributed by atoms with van der Waals surface area (Å²) < 4.78 is 10.8. The molecule has 2 aliphatic carbocycles. The van der Waals surface area contributed by atoms with Crippen molar-refractivity contribution in [1.82, 2.24) is 10.6 Å². The second kappa shape index (κ2) is 8.86. The lowest BCUT2D eigenvalue weighted by molar-refractivity contribution is -0.148. The van der Waals surface area contributed by atoms with Crippen molar-refractivity contribution < 1.29 is 29.0 Å². The molecule has 3 atom stereocenters. The summed E-state index contributed by atoms with van der Waals surface area (Å²) in [5.74, 6) is -1.54. The molecule has 1 heterocycles. The van der Waals surface area contributed by atoms with Crippen LogP contribution in [0.1, 0.15) is 36.3 Å². The molecule has 1 unspecified atom stereocenters. The second-order valence-electron chi connectivity index (χ2n) is 8.82. The number of carboxylic acids is 1. The zero-order valence-corrected chi connectivity index (χ0v) is 18.0. The van der Waals surface area contributed by atoms with Crippen LogP contribution in [0.5, 0.6) is 0 Å². The molecule has 1 saturated carbocycles. The molecule has 3 N–H and O–H groups in total. The summed E-state index contributed by atoms with van der Waals surface area (Å²) in [6.07, 6.45) is 0.353. The van der Waals surface area contributed by atoms with Gasteiger partial charge in [-0.05, 0) is 47.4 Å². The number of fused-ring (bicyclic) bond motifs is 3. The molecule has 2 aromatic rings. The molecule has 0 aromatic heterocycles. The number of rotatable bonds is 7. The van der Waals surface area contributed by atoms with Crippen LogP contribution in [-0.4, -0.2) is 54.5 Å². The predicted octanol–water partition coefficient (Wildman–Crippen LogP) is 2.66. The van der Waals surface area contributed by atoms with E-state index in [-0.39, 0.29) is 25.0 Å². The van der Waals surface area contributed by atoms with Crippen molar-refractivity contribution in [3.05, 3.63) is 59.7 Å². The minimum absolute atomic E-state index is 0.0241. The number of amides is 2. The molecule has 3 aliphatic rings. The fourth-order valence-corrected chi connectivity index (χ4v) is 4.85. The zero-order chi connectivity index (χ0) is 22.9. The van der Waals surface area contributed by atoms with Crippen molar-refractivity contribution in [2.24, 2.45) is 5.92 Å². The number of benzene rings is 2. The van der Waals surface area contributed by atoms with Crippen LogP contribution >= 0.6 is 0 Å². The van der Waals surface area contributed by atoms with Gasteiger partial charge >= 0.3 is 12.1 Å². The van der Waals surface area contributed by atoms with Gasteiger partial charge in [-0.2, -0.15) is 0 Å². The van der Waals surface area contributed by atoms with Crippen LogP contribution in [0, 0.1) is 5.92 Å². The average molecular weight is 450 g/mol. The fraction of sp³-hybridized carbons (Fsp3) is 0.400. The van der Waals surface area contributed by atoms with Gasteiger partial charge in [-0.1, -0.05) is 48.5 Å². The standard InChI is InChI=1S/C25H26N2O6/c28-23(26-20-11-12-32-22(20)24(29)30)21(14-9-10-14)27-25(31)33-13-19-17-7-3-1-5-15(17)16-6-2-4-8-18(16)19/h1-8,14,19-22H,9-13H2,(H,26,28)(H,27,31)(H,29,30)/t20-,21?,22+/m0/s1. The highest BCUT2D eigenvalue weighted by atomic mass is 16.5. The van der Waals surface area contributed by atoms with Crippen molar-refractivity contribution in [3.8, 4) is 11.1 Å². The minimum atomic E-state index is -1.11. The van der Waals surface area contributed by atoms with Gasteiger partial charge in [0.05, 0.1) is 6.04 Å². The maximum absolute atomic E-state index is 12.8. The number of ether oxygens (including phenoxy) is 2. The quantitative estimate of drug-likeness (QED) is 0.598. The Morgan fingerprint density at radius 2 is 1.64 bits per heavy atom. The Labute approximate surface area is 191 Å². The maximum Gasteiger partial charge on any atom is 0.407 e. The van der Waals surface area contributed by atoms with E-state index in [4.69, 9.17) is 9.47 Å². The number of hydrogen-bond acceptors (Lipinski definition) is 5. The van der Waals surface area contributed by atoms with Gasteiger partial charge in [0.2, 0.25) is 5.91 Å². The topological polar surface area (TPSA) is 114 Å². The van der Waals surface area contributed by atoms with E-state index in [1.54, 1.807) is 0 Å². The molecule has 172 valence electrons. The Hall–Kier alpha value is -3.39. The minimum Gasteiger partial charge on any atom is -0.479 e. The third kappa shape index (κ3) is 4.30. The van der Waals surface area contributed by atoms with Crippen LogP contribution < -0.4 is 10.6 Å². The average Bonchev–Trinajstić information content (AvgIpc) is 3.46. The highest BCUT2D eigenvalue weighted by Gasteiger charge is 2.41. The first-order valence-electron chi connectivity index (χ1n) is 11.3. The van der Waals surface area contributed by atoms with Crippen molar-refractivity contribution in [2.45, 2.75) is 43.4 Å². The van der Waals surface area contributed by atoms with E-state index in [1.807, 2.05) is 36.4 Å². The van der Waals surface area contributed by atoms with E-state index in [2.05, 4.69) is 22.8 Å². The first-order chi connectivity index (χ1) is 16.0. The van der Waals surface area contributed by atoms with Gasteiger partial charge in [0, 0.05) is 12.5 Å². The molecule has 1 saturated heterocycles. The van der Waals surface area contributed by atoms with Crippen molar-refractivity contribution >= 4 is 18.0 Å². The van der Waals surface area contributed by atoms with Gasteiger partial charge in [-0.3, -0.25) is 4.79 Å². The van der Waals surface area contributed by atoms with E-state index < -0.39 is 36.2 Å². The normalized spacial score (nSPS) is 22.2. The predicted molar refractivity (Wildman–Crippen MR) is 119 cm³/mol. The van der Waals surface area contributed by atoms with Crippen molar-refractivity contribution in [2.75, 3.05) is 13.2 Å². The molecule has 0 bridgehead atoms. The summed E-state index contributed by atoms with van der Waals surface area (Å²) >= 11 is 0. The summed E-state index contributed by atoms with van der Waals surface area (Å²) in [7, 11) is 0. The molecule has 8 nitrogen and oxygen atoms in total. The SMILES string of the molecule is O=C(NC(C(=O)N[C@H]1CCO[C@H]1C(=O)O)C1CC1)OCC1c2ccccc2-c2ccccc21. The van der Waals surface area contributed by atoms with E-state index in [9.17, 15) is 19.5 Å². The largest absolute Gasteiger partial charge is 0.479 e. The Morgan fingerprint density at radius 1 is 1.00 bits per heavy atom. The Bertz CT molecular complexity index is 1040. The van der Waals surface area contributed by atoms with Gasteiger partial charge in [-0.15, -0.1) is 0 Å². The first kappa shape index (κ1) is 21.5. The maximum atomic E-state index is 12.8. The fourth-order valence-electron chi connectivity index (χ4n) is 4.85. The van der Waals surface area contributed by atoms with Gasteiger partial charge in [-0.25, -0.2) is 9.59 Å². The Kier molecular flexibility index (Phi) is 5.76. The van der Waals surface area contributed by atoms with Crippen LogP contribution in [-0.2, 0) is 19.1 Å². The van der Waals surface area contributed by atoms with Crippen LogP contribution in [0.15, 0.2) is 48.5 Å². The number of hydrogen-bond donors (Lipinski definition) is 3. The number of carboxylic acid groups (broad SMARTS) is 1. The van der Waals surface area contributed by atoms with E-state index in [0.717, 1.165) is 35.1 Å². The van der Waals surface area contributed by atoms with Crippen LogP contribution in [0.25, 0.3) is 11.1 Å². The molecule has 1 aliphatic heterocycles. The molecule has 0 radical (unpaired) electrons. The third-order valence-electron chi connectivity index (χ3n) is 6.66. The van der Waals surface area contributed by atoms with Crippen molar-refractivity contribution in [1.29, 1.82) is 0 Å². The lowest BCUT2D eigenvalue weighted by atomic mass is 9.98. The Morgan fingerprint density at radius 3 is 2.24 bits per heavy atom. The van der Waals surface area contributed by atoms with E-state index in [1.165, 1.54) is 0 Å². The van der Waals surface area contributed by atoms with Gasteiger partial charge < -0.3 is 25.2 Å². The molecule has 8 heteroatoms. The van der Waals surface area contributed by atoms with Crippen molar-refractivity contribution in [3.63, 3.8) is 0 Å². The second-order valence-corrected chi connectivity index (χ2v) is 8.82. The Balaban J connectivity index is 1.22. The summed E-state index contributed by atoms with van der Waals surface area (Å²) in [5.41, 5.74) is 4.51. The van der Waals surface area contributed by atoms with E-state index in [0.29, 0.717) is 6.42 Å². The van der Waals surface area contributed by atoms with Gasteiger partial charge in [0.1, 0.15) is 12.6 Å². The first-order valence-corrected chi connectivity index (χ1v) is 11.3. The molecular weight excluding hydrogens is 424 g/mol. The molecule has 2 amide bonds. The molecule has 33 heavy (non-hydrogen) atoms. The highest BCUT2D eigenvalue weighted by molar-refractivity contribution is 5.87. The molecule has 0 spiro atoms. The summed E-state index contributed by atoms with van der Waals surface area (Å²) in [6.45, 7) is 0.437. The smallest absolute Gasteiger partial charge is 0.407 e. The highest BCUT2D eigenvalue weighted by Crippen LogP contribution is 2.44. The lowest BCUT2D eigenvalue weighted by Gasteiger charge is -2.22. The molecule has 2 fully saturated rings. The summed E-state index contributed by atoms with van der Waals surface area (Å²) in [6, 6.07) is 14.8. The van der Waals surface area contributed by atoms with Crippen LogP contribution in [0.3, 0.4) is 0 Å². The number of nitrogens with one attached hydrogen (secondary N) is 2. The molecular formula is C25H26N2O6. The van der Waals surface area contributed by atoms with Crippen LogP contribution in [0.4, 0.5) is 4.79 Å². The van der Waals surface area contributed by atoms with E-state index >= 15 is 0 Å². The number of carbonyl (C=O) groups is 3. The van der Waals surface area contributed by atoms with Gasteiger partial charge in [0.25, 0.3) is 0 Å². The lowest BCUT2D eigenvalue weighted by Crippen LogP contribution is -2.53. The monoisotopic (exact) mass is 450 g/mol. The summed E-state index contributed by atoms with van der Waals surface area (Å²) in [5, 5.41) is 14.7. The van der Waals surface area contributed by atoms with Crippen LogP contribution in [0.2, 0.25) is 0 Å². The molecule has 2 aromatic carbocycles. The zero-order valence-electron chi connectivity index (χ0n) is 18.0. The summed E-state index contributed by atoms with van der Waals surface area (Å²) in [4.78, 5) is 36.8. The third-order valence-corrected chi connectivity index (χ3v) is 6.66.